The number of rotatable bonds is 7. The minimum atomic E-state index is -4.45. The fourth-order valence-electron chi connectivity index (χ4n) is 3.89. The zero-order chi connectivity index (χ0) is 23.4. The molecule has 0 aliphatic rings. The molecule has 0 radical (unpaired) electrons. The van der Waals surface area contributed by atoms with Gasteiger partial charge in [-0.15, -0.1) is 0 Å². The van der Waals surface area contributed by atoms with Crippen LogP contribution in [-0.4, -0.2) is 13.3 Å². The van der Waals surface area contributed by atoms with Gasteiger partial charge in [-0.05, 0) is 0 Å². The Hall–Kier alpha value is -2.95. The number of nitrogens with one attached hydrogen (secondary N) is 1. The van der Waals surface area contributed by atoms with Crippen LogP contribution in [0.25, 0.3) is 0 Å². The Morgan fingerprint density at radius 2 is 1.00 bits per heavy atom. The molecule has 0 aliphatic carbocycles. The fraction of sp³-hybridized carbons (Fsp3) is 0. The Morgan fingerprint density at radius 3 is 1.36 bits per heavy atom. The molecule has 0 saturated carbocycles. The van der Waals surface area contributed by atoms with Gasteiger partial charge < -0.3 is 0 Å². The van der Waals surface area contributed by atoms with Gasteiger partial charge in [0.05, 0.1) is 0 Å². The minimum absolute atomic E-state index is 0.00380. The summed E-state index contributed by atoms with van der Waals surface area (Å²) in [6, 6.07) is 35.5. The second-order valence-corrected chi connectivity index (χ2v) is 14.0. The summed E-state index contributed by atoms with van der Waals surface area (Å²) in [4.78, 5) is 13.1. The third-order valence-electron chi connectivity index (χ3n) is 5.58. The fourth-order valence-corrected chi connectivity index (χ4v) is 10.1. The van der Waals surface area contributed by atoms with E-state index in [2.05, 4.69) is 4.72 Å². The van der Waals surface area contributed by atoms with E-state index in [9.17, 15) is 13.3 Å². The van der Waals surface area contributed by atoms with E-state index in [0.29, 0.717) is 15.9 Å². The van der Waals surface area contributed by atoms with E-state index in [-0.39, 0.29) is 9.67 Å². The first-order valence-corrected chi connectivity index (χ1v) is 14.3. The molecule has 0 bridgehead atoms. The summed E-state index contributed by atoms with van der Waals surface area (Å²) in [6.45, 7) is -4.45. The standard InChI is InChI=1S/C26H23ClNO3PS/c27-26(21-28-33(30,31)25-19-11-4-12-20-25)32(29,22-13-5-1-6-14-22,23-15-7-2-8-16-23)24-17-9-3-10-18-24/h1-21,28-29H/b26-21+. The molecule has 7 heteroatoms. The molecule has 4 nitrogen and oxygen atoms in total. The van der Waals surface area contributed by atoms with Crippen LogP contribution in [0.1, 0.15) is 0 Å². The van der Waals surface area contributed by atoms with Gasteiger partial charge in [-0.2, -0.15) is 0 Å². The van der Waals surface area contributed by atoms with Crippen molar-refractivity contribution in [1.29, 1.82) is 0 Å². The SMILES string of the molecule is O=S(=O)(N/C=C(\Cl)P(O)(c1ccccc1)(c1ccccc1)c1ccccc1)c1ccccc1. The summed E-state index contributed by atoms with van der Waals surface area (Å²) in [5.41, 5.74) is 0. The van der Waals surface area contributed by atoms with E-state index in [4.69, 9.17) is 11.6 Å². The molecule has 0 heterocycles. The number of hydrogen-bond donors (Lipinski definition) is 2. The van der Waals surface area contributed by atoms with Gasteiger partial charge in [0.25, 0.3) is 0 Å². The molecule has 0 amide bonds. The Bertz CT molecular complexity index is 1270. The van der Waals surface area contributed by atoms with Crippen molar-refractivity contribution in [2.45, 2.75) is 4.90 Å². The average Bonchev–Trinajstić information content (AvgIpc) is 2.89. The summed E-state index contributed by atoms with van der Waals surface area (Å²) in [5.74, 6) is 0. The van der Waals surface area contributed by atoms with Crippen LogP contribution in [0.2, 0.25) is 0 Å². The molecule has 4 rings (SSSR count). The van der Waals surface area contributed by atoms with Crippen LogP contribution in [0.15, 0.2) is 137 Å². The van der Waals surface area contributed by atoms with Crippen LogP contribution in [0.5, 0.6) is 0 Å². The molecule has 2 N–H and O–H groups in total. The van der Waals surface area contributed by atoms with E-state index in [1.807, 2.05) is 91.0 Å². The van der Waals surface area contributed by atoms with Crippen molar-refractivity contribution in [2.24, 2.45) is 0 Å². The van der Waals surface area contributed by atoms with E-state index in [0.717, 1.165) is 0 Å². The summed E-state index contributed by atoms with van der Waals surface area (Å²) in [6.07, 6.45) is 1.20. The van der Waals surface area contributed by atoms with E-state index < -0.39 is 16.9 Å². The molecule has 33 heavy (non-hydrogen) atoms. The molecule has 0 aromatic heterocycles. The second kappa shape index (κ2) is 9.12. The van der Waals surface area contributed by atoms with Crippen molar-refractivity contribution in [3.8, 4) is 0 Å². The van der Waals surface area contributed by atoms with Gasteiger partial charge in [0, 0.05) is 0 Å². The molecule has 0 spiro atoms. The van der Waals surface area contributed by atoms with Crippen LogP contribution in [0.3, 0.4) is 0 Å². The maximum atomic E-state index is 13.0. The molecule has 0 atom stereocenters. The van der Waals surface area contributed by atoms with E-state index in [1.165, 1.54) is 18.3 Å². The molecule has 0 aliphatic heterocycles. The first-order valence-electron chi connectivity index (χ1n) is 10.2. The van der Waals surface area contributed by atoms with Gasteiger partial charge in [0.2, 0.25) is 0 Å². The number of sulfonamides is 1. The topological polar surface area (TPSA) is 66.4 Å². The normalized spacial score (nSPS) is 13.6. The van der Waals surface area contributed by atoms with Crippen LogP contribution < -0.4 is 20.6 Å². The molecule has 0 saturated heterocycles. The predicted octanol–water partition coefficient (Wildman–Crippen LogP) is 4.44. The Labute approximate surface area is 199 Å². The number of hydrogen-bond acceptors (Lipinski definition) is 3. The molecular weight excluding hydrogens is 473 g/mol. The van der Waals surface area contributed by atoms with Crippen molar-refractivity contribution in [1.82, 2.24) is 4.72 Å². The first-order chi connectivity index (χ1) is 15.9. The second-order valence-electron chi connectivity index (χ2n) is 7.48. The zero-order valence-electron chi connectivity index (χ0n) is 17.6. The van der Waals surface area contributed by atoms with Crippen LogP contribution >= 0.6 is 18.4 Å². The Balaban J connectivity index is 2.00. The van der Waals surface area contributed by atoms with Crippen LogP contribution in [-0.2, 0) is 10.0 Å². The quantitative estimate of drug-likeness (QED) is 0.372. The third kappa shape index (κ3) is 3.98. The molecule has 168 valence electrons. The molecule has 0 unspecified atom stereocenters. The van der Waals surface area contributed by atoms with Crippen molar-refractivity contribution >= 4 is 44.4 Å². The van der Waals surface area contributed by atoms with Gasteiger partial charge in [-0.25, -0.2) is 0 Å². The average molecular weight is 496 g/mol. The first kappa shape index (κ1) is 23.2. The van der Waals surface area contributed by atoms with Gasteiger partial charge >= 0.3 is 200 Å². The van der Waals surface area contributed by atoms with E-state index >= 15 is 0 Å². The Morgan fingerprint density at radius 1 is 0.667 bits per heavy atom. The zero-order valence-corrected chi connectivity index (χ0v) is 20.1. The summed E-state index contributed by atoms with van der Waals surface area (Å²) < 4.78 is 28.3. The maximum absolute atomic E-state index is 13.0. The van der Waals surface area contributed by atoms with Gasteiger partial charge in [0.15, 0.2) is 0 Å². The van der Waals surface area contributed by atoms with Crippen LogP contribution in [0, 0.1) is 0 Å². The monoisotopic (exact) mass is 495 g/mol. The van der Waals surface area contributed by atoms with E-state index in [1.54, 1.807) is 18.2 Å². The molecular formula is C26H23ClNO3PS. The molecule has 0 fully saturated rings. The number of halogens is 1. The number of benzene rings is 4. The van der Waals surface area contributed by atoms with Crippen molar-refractivity contribution in [3.63, 3.8) is 0 Å². The van der Waals surface area contributed by atoms with Crippen molar-refractivity contribution < 1.29 is 13.3 Å². The van der Waals surface area contributed by atoms with Gasteiger partial charge in [-0.3, -0.25) is 0 Å². The summed E-state index contributed by atoms with van der Waals surface area (Å²) in [7, 11) is -3.89. The van der Waals surface area contributed by atoms with Gasteiger partial charge in [0.1, 0.15) is 0 Å². The Kier molecular flexibility index (Phi) is 6.42. The third-order valence-corrected chi connectivity index (χ3v) is 12.9. The predicted molar refractivity (Wildman–Crippen MR) is 138 cm³/mol. The van der Waals surface area contributed by atoms with Crippen molar-refractivity contribution in [2.75, 3.05) is 0 Å². The van der Waals surface area contributed by atoms with Crippen LogP contribution in [0.4, 0.5) is 0 Å². The summed E-state index contributed by atoms with van der Waals surface area (Å²) >= 11 is 6.98. The molecule has 4 aromatic rings. The van der Waals surface area contributed by atoms with Crippen molar-refractivity contribution in [3.05, 3.63) is 132 Å². The molecule has 4 aromatic carbocycles. The van der Waals surface area contributed by atoms with Gasteiger partial charge in [-0.1, -0.05) is 0 Å². The summed E-state index contributed by atoms with van der Waals surface area (Å²) in [5, 5.41) is 1.79.